The van der Waals surface area contributed by atoms with E-state index in [4.69, 9.17) is 8.97 Å². The molecule has 1 heterocycles. The van der Waals surface area contributed by atoms with Crippen molar-refractivity contribution in [1.82, 2.24) is 4.98 Å². The Labute approximate surface area is 81.1 Å². The molecule has 0 bridgehead atoms. The first-order chi connectivity index (χ1) is 6.47. The molecule has 0 aliphatic rings. The molecule has 14 heavy (non-hydrogen) atoms. The van der Waals surface area contributed by atoms with Crippen LogP contribution in [0.4, 0.5) is 0 Å². The monoisotopic (exact) mass is 215 g/mol. The summed E-state index contributed by atoms with van der Waals surface area (Å²) < 4.78 is 30.9. The Kier molecular flexibility index (Phi) is 3.21. The summed E-state index contributed by atoms with van der Waals surface area (Å²) in [6.07, 6.45) is 2.16. The predicted octanol–water partition coefficient (Wildman–Crippen LogP) is 1.33. The van der Waals surface area contributed by atoms with E-state index in [1.807, 2.05) is 24.3 Å². The minimum absolute atomic E-state index is 0.715. The molecule has 0 radical (unpaired) electrons. The normalized spacial score (nSPS) is 10.7. The van der Waals surface area contributed by atoms with Crippen molar-refractivity contribution in [1.29, 1.82) is 0 Å². The first-order valence-corrected chi connectivity index (χ1v) is 5.52. The maximum absolute atomic E-state index is 9.19. The molecule has 0 fully saturated rings. The van der Waals surface area contributed by atoms with Crippen molar-refractivity contribution < 1.29 is 17.4 Å². The Morgan fingerprint density at radius 3 is 2.50 bits per heavy atom. The van der Waals surface area contributed by atoms with E-state index in [0.29, 0.717) is 6.26 Å². The van der Waals surface area contributed by atoms with Crippen molar-refractivity contribution in [2.75, 3.05) is 6.26 Å². The highest BCUT2D eigenvalue weighted by Crippen LogP contribution is 2.09. The molecule has 2 rings (SSSR count). The van der Waals surface area contributed by atoms with Gasteiger partial charge in [-0.2, -0.15) is 8.42 Å². The summed E-state index contributed by atoms with van der Waals surface area (Å²) in [7, 11) is -3.67. The van der Waals surface area contributed by atoms with E-state index in [1.165, 1.54) is 6.39 Å². The van der Waals surface area contributed by atoms with Crippen molar-refractivity contribution in [3.8, 4) is 0 Å². The molecule has 1 aromatic carbocycles. The molecular weight excluding hydrogens is 206 g/mol. The lowest BCUT2D eigenvalue weighted by Crippen LogP contribution is -1.88. The van der Waals surface area contributed by atoms with Gasteiger partial charge in [0.25, 0.3) is 10.1 Å². The molecule has 76 valence electrons. The van der Waals surface area contributed by atoms with Crippen molar-refractivity contribution in [3.05, 3.63) is 30.7 Å². The second-order valence-electron chi connectivity index (χ2n) is 2.55. The van der Waals surface area contributed by atoms with Crippen LogP contribution in [0.1, 0.15) is 0 Å². The average molecular weight is 215 g/mol. The van der Waals surface area contributed by atoms with Crippen LogP contribution in [-0.4, -0.2) is 24.2 Å². The highest BCUT2D eigenvalue weighted by atomic mass is 32.2. The predicted molar refractivity (Wildman–Crippen MR) is 51.5 cm³/mol. The maximum Gasteiger partial charge on any atom is 0.261 e. The molecule has 0 atom stereocenters. The SMILES string of the molecule is CS(=O)(=O)O.c1ccc2ocnc2c1. The summed E-state index contributed by atoms with van der Waals surface area (Å²) in [4.78, 5) is 3.95. The fourth-order valence-electron chi connectivity index (χ4n) is 0.803. The van der Waals surface area contributed by atoms with E-state index in [-0.39, 0.29) is 0 Å². The third-order valence-electron chi connectivity index (χ3n) is 1.24. The fraction of sp³-hybridized carbons (Fsp3) is 0.125. The summed E-state index contributed by atoms with van der Waals surface area (Å²) in [5.41, 5.74) is 1.76. The Morgan fingerprint density at radius 2 is 1.93 bits per heavy atom. The van der Waals surface area contributed by atoms with Crippen LogP contribution >= 0.6 is 0 Å². The molecule has 1 aromatic heterocycles. The van der Waals surface area contributed by atoms with E-state index < -0.39 is 10.1 Å². The lowest BCUT2D eigenvalue weighted by atomic mass is 10.3. The smallest absolute Gasteiger partial charge is 0.261 e. The van der Waals surface area contributed by atoms with Crippen LogP contribution in [-0.2, 0) is 10.1 Å². The van der Waals surface area contributed by atoms with Crippen LogP contribution in [0.3, 0.4) is 0 Å². The molecule has 6 heteroatoms. The minimum Gasteiger partial charge on any atom is -0.443 e. The summed E-state index contributed by atoms with van der Waals surface area (Å²) in [5.74, 6) is 0. The fourth-order valence-corrected chi connectivity index (χ4v) is 0.803. The number of aromatic nitrogens is 1. The van der Waals surface area contributed by atoms with Gasteiger partial charge >= 0.3 is 0 Å². The molecule has 0 spiro atoms. The van der Waals surface area contributed by atoms with Gasteiger partial charge in [0, 0.05) is 0 Å². The average Bonchev–Trinajstić information content (AvgIpc) is 2.47. The Bertz CT molecular complexity index is 465. The third kappa shape index (κ3) is 4.01. The van der Waals surface area contributed by atoms with E-state index >= 15 is 0 Å². The zero-order chi connectivity index (χ0) is 10.6. The minimum atomic E-state index is -3.67. The van der Waals surface area contributed by atoms with Crippen LogP contribution in [0, 0.1) is 0 Å². The standard InChI is InChI=1S/C7H5NO.CH4O3S/c1-2-4-7-6(3-1)8-5-9-7;1-5(2,3)4/h1-5H;1H3,(H,2,3,4). The Morgan fingerprint density at radius 1 is 1.36 bits per heavy atom. The van der Waals surface area contributed by atoms with Gasteiger partial charge in [-0.05, 0) is 12.1 Å². The van der Waals surface area contributed by atoms with Gasteiger partial charge < -0.3 is 4.42 Å². The van der Waals surface area contributed by atoms with Gasteiger partial charge in [-0.1, -0.05) is 12.1 Å². The van der Waals surface area contributed by atoms with Crippen molar-refractivity contribution >= 4 is 21.2 Å². The summed E-state index contributed by atoms with van der Waals surface area (Å²) in [6, 6.07) is 7.67. The van der Waals surface area contributed by atoms with E-state index in [1.54, 1.807) is 0 Å². The lowest BCUT2D eigenvalue weighted by Gasteiger charge is -1.79. The second-order valence-corrected chi connectivity index (χ2v) is 4.02. The number of para-hydroxylation sites is 2. The summed E-state index contributed by atoms with van der Waals surface area (Å²) in [6.45, 7) is 0. The molecule has 2 aromatic rings. The van der Waals surface area contributed by atoms with Crippen LogP contribution in [0.5, 0.6) is 0 Å². The molecule has 0 aliphatic heterocycles. The highest BCUT2D eigenvalue weighted by molar-refractivity contribution is 7.85. The van der Waals surface area contributed by atoms with E-state index in [0.717, 1.165) is 11.1 Å². The summed E-state index contributed by atoms with van der Waals surface area (Å²) >= 11 is 0. The molecule has 0 saturated heterocycles. The third-order valence-corrected chi connectivity index (χ3v) is 1.24. The number of hydrogen-bond donors (Lipinski definition) is 1. The van der Waals surface area contributed by atoms with Gasteiger partial charge in [-0.3, -0.25) is 4.55 Å². The number of nitrogens with zero attached hydrogens (tertiary/aromatic N) is 1. The van der Waals surface area contributed by atoms with Gasteiger partial charge in [-0.15, -0.1) is 0 Å². The van der Waals surface area contributed by atoms with Gasteiger partial charge in [0.1, 0.15) is 5.52 Å². The zero-order valence-electron chi connectivity index (χ0n) is 7.41. The van der Waals surface area contributed by atoms with E-state index in [2.05, 4.69) is 4.98 Å². The van der Waals surface area contributed by atoms with Gasteiger partial charge in [0.15, 0.2) is 12.0 Å². The summed E-state index contributed by atoms with van der Waals surface area (Å²) in [5, 5.41) is 0. The first-order valence-electron chi connectivity index (χ1n) is 3.67. The van der Waals surface area contributed by atoms with Crippen molar-refractivity contribution in [3.63, 3.8) is 0 Å². The number of fused-ring (bicyclic) bond motifs is 1. The van der Waals surface area contributed by atoms with Gasteiger partial charge in [0.2, 0.25) is 0 Å². The molecule has 1 N–H and O–H groups in total. The molecular formula is C8H9NO4S. The molecule has 0 aliphatic carbocycles. The number of benzene rings is 1. The topological polar surface area (TPSA) is 80.4 Å². The highest BCUT2D eigenvalue weighted by Gasteiger charge is 1.91. The second kappa shape index (κ2) is 4.21. The maximum atomic E-state index is 9.19. The molecule has 5 nitrogen and oxygen atoms in total. The molecule has 0 saturated carbocycles. The van der Waals surface area contributed by atoms with Crippen molar-refractivity contribution in [2.24, 2.45) is 0 Å². The number of hydrogen-bond acceptors (Lipinski definition) is 4. The largest absolute Gasteiger partial charge is 0.443 e. The van der Waals surface area contributed by atoms with Crippen molar-refractivity contribution in [2.45, 2.75) is 0 Å². The zero-order valence-corrected chi connectivity index (χ0v) is 8.23. The van der Waals surface area contributed by atoms with Crippen LogP contribution in [0.2, 0.25) is 0 Å². The Hall–Kier alpha value is -1.40. The van der Waals surface area contributed by atoms with E-state index in [9.17, 15) is 8.42 Å². The first kappa shape index (κ1) is 10.7. The van der Waals surface area contributed by atoms with Crippen LogP contribution in [0.15, 0.2) is 35.1 Å². The molecule has 0 unspecified atom stereocenters. The Balaban J connectivity index is 0.000000171. The van der Waals surface area contributed by atoms with Gasteiger partial charge in [0.05, 0.1) is 6.26 Å². The quantitative estimate of drug-likeness (QED) is 0.670. The lowest BCUT2D eigenvalue weighted by molar-refractivity contribution is 0.490. The molecule has 0 amide bonds. The number of oxazole rings is 1. The van der Waals surface area contributed by atoms with Gasteiger partial charge in [-0.25, -0.2) is 4.98 Å². The number of rotatable bonds is 0. The van der Waals surface area contributed by atoms with Crippen LogP contribution < -0.4 is 0 Å². The van der Waals surface area contributed by atoms with Crippen LogP contribution in [0.25, 0.3) is 11.1 Å².